The number of imidazole rings is 1. The first-order valence-corrected chi connectivity index (χ1v) is 11.0. The van der Waals surface area contributed by atoms with E-state index in [1.807, 2.05) is 10.8 Å². The van der Waals surface area contributed by atoms with Crippen LogP contribution in [0.2, 0.25) is 0 Å². The van der Waals surface area contributed by atoms with Crippen LogP contribution in [0.3, 0.4) is 0 Å². The molecule has 1 heterocycles. The van der Waals surface area contributed by atoms with E-state index >= 15 is 0 Å². The van der Waals surface area contributed by atoms with Gasteiger partial charge < -0.3 is 0 Å². The third-order valence-corrected chi connectivity index (χ3v) is 5.77. The molecule has 6 heteroatoms. The third kappa shape index (κ3) is 8.29. The van der Waals surface area contributed by atoms with Gasteiger partial charge in [-0.3, -0.25) is 4.55 Å². The Bertz CT molecular complexity index is 540. The Balaban J connectivity index is 2.16. The van der Waals surface area contributed by atoms with Gasteiger partial charge in [0.15, 0.2) is 0 Å². The van der Waals surface area contributed by atoms with E-state index in [1.54, 1.807) is 24.0 Å². The zero-order valence-corrected chi connectivity index (χ0v) is 16.2. The maximum atomic E-state index is 11.3. The van der Waals surface area contributed by atoms with Crippen LogP contribution in [0.4, 0.5) is 0 Å². The Morgan fingerprint density at radius 2 is 1.50 bits per heavy atom. The predicted molar refractivity (Wildman–Crippen MR) is 97.3 cm³/mol. The molecule has 0 fully saturated rings. The average molecular weight is 360 g/mol. The Labute approximate surface area is 147 Å². The highest BCUT2D eigenvalue weighted by molar-refractivity contribution is 7.85. The van der Waals surface area contributed by atoms with E-state index in [1.165, 1.54) is 57.8 Å². The van der Waals surface area contributed by atoms with E-state index in [0.29, 0.717) is 6.42 Å². The van der Waals surface area contributed by atoms with Gasteiger partial charge in [0, 0.05) is 6.42 Å². The van der Waals surface area contributed by atoms with Crippen molar-refractivity contribution in [3.8, 4) is 0 Å². The molecule has 1 N–H and O–H groups in total. The lowest BCUT2D eigenvalue weighted by molar-refractivity contribution is -0.697. The molecule has 0 aromatic carbocycles. The van der Waals surface area contributed by atoms with Crippen LogP contribution < -0.4 is 4.57 Å². The molecule has 1 aromatic heterocycles. The number of hydrogen-bond acceptors (Lipinski definition) is 2. The van der Waals surface area contributed by atoms with Crippen molar-refractivity contribution in [2.24, 2.45) is 0 Å². The minimum absolute atomic E-state index is 0.353. The van der Waals surface area contributed by atoms with E-state index in [2.05, 4.69) is 6.92 Å². The van der Waals surface area contributed by atoms with Crippen LogP contribution in [0.15, 0.2) is 18.7 Å². The molecule has 0 aliphatic heterocycles. The van der Waals surface area contributed by atoms with Gasteiger partial charge in [-0.2, -0.15) is 8.42 Å². The molecule has 0 bridgehead atoms. The van der Waals surface area contributed by atoms with Gasteiger partial charge in [0.25, 0.3) is 0 Å². The standard InChI is InChI=1S/C18H34N2O3S/c1-3-5-6-7-8-9-10-11-12-13-14-19-15-16-20(17-19)18(4-2)24(21,22)23/h15-18H,3-14H2,1-2H3/p+1. The second kappa shape index (κ2) is 11.6. The van der Waals surface area contributed by atoms with Crippen LogP contribution in [-0.2, 0) is 16.7 Å². The molecule has 140 valence electrons. The lowest BCUT2D eigenvalue weighted by Gasteiger charge is -2.06. The Hall–Kier alpha value is -0.880. The minimum Gasteiger partial charge on any atom is -0.282 e. The van der Waals surface area contributed by atoms with Gasteiger partial charge in [0.1, 0.15) is 12.4 Å². The molecule has 0 radical (unpaired) electrons. The summed E-state index contributed by atoms with van der Waals surface area (Å²) in [6.07, 6.45) is 18.8. The molecule has 1 atom stereocenters. The number of aryl methyl sites for hydroxylation is 1. The minimum atomic E-state index is -4.05. The lowest BCUT2D eigenvalue weighted by Crippen LogP contribution is -2.31. The third-order valence-electron chi connectivity index (χ3n) is 4.51. The molecule has 0 saturated carbocycles. The van der Waals surface area contributed by atoms with Crippen LogP contribution in [0.1, 0.15) is 89.9 Å². The summed E-state index contributed by atoms with van der Waals surface area (Å²) in [5, 5.41) is -0.883. The molecular weight excluding hydrogens is 324 g/mol. The van der Waals surface area contributed by atoms with Gasteiger partial charge in [0.05, 0.1) is 6.54 Å². The summed E-state index contributed by atoms with van der Waals surface area (Å²) in [7, 11) is -4.05. The smallest absolute Gasteiger partial charge is 0.282 e. The molecule has 0 aliphatic rings. The summed E-state index contributed by atoms with van der Waals surface area (Å²) in [6, 6.07) is 0. The average Bonchev–Trinajstić information content (AvgIpc) is 2.97. The lowest BCUT2D eigenvalue weighted by atomic mass is 10.1. The van der Waals surface area contributed by atoms with Crippen LogP contribution in [0.25, 0.3) is 0 Å². The van der Waals surface area contributed by atoms with Gasteiger partial charge in [0.2, 0.25) is 11.7 Å². The molecule has 0 amide bonds. The Kier molecular flexibility index (Phi) is 10.3. The number of hydrogen-bond donors (Lipinski definition) is 1. The Morgan fingerprint density at radius 1 is 0.958 bits per heavy atom. The van der Waals surface area contributed by atoms with Gasteiger partial charge in [-0.25, -0.2) is 9.13 Å². The molecule has 1 aromatic rings. The van der Waals surface area contributed by atoms with Crippen LogP contribution in [0, 0.1) is 0 Å². The van der Waals surface area contributed by atoms with E-state index in [0.717, 1.165) is 13.0 Å². The van der Waals surface area contributed by atoms with E-state index in [9.17, 15) is 13.0 Å². The molecule has 1 unspecified atom stereocenters. The quantitative estimate of drug-likeness (QED) is 0.302. The zero-order valence-electron chi connectivity index (χ0n) is 15.4. The number of rotatable bonds is 14. The summed E-state index contributed by atoms with van der Waals surface area (Å²) in [4.78, 5) is 0. The second-order valence-corrected chi connectivity index (χ2v) is 8.23. The fourth-order valence-electron chi connectivity index (χ4n) is 3.07. The first-order chi connectivity index (χ1) is 11.5. The first-order valence-electron chi connectivity index (χ1n) is 9.51. The normalized spacial score (nSPS) is 13.3. The molecule has 1 rings (SSSR count). The fourth-order valence-corrected chi connectivity index (χ4v) is 3.92. The van der Waals surface area contributed by atoms with Gasteiger partial charge in [-0.1, -0.05) is 65.2 Å². The van der Waals surface area contributed by atoms with E-state index in [4.69, 9.17) is 0 Å². The first kappa shape index (κ1) is 21.2. The van der Waals surface area contributed by atoms with Crippen molar-refractivity contribution in [1.29, 1.82) is 0 Å². The summed E-state index contributed by atoms with van der Waals surface area (Å²) in [6.45, 7) is 4.90. The second-order valence-electron chi connectivity index (χ2n) is 6.66. The topological polar surface area (TPSA) is 63.2 Å². The van der Waals surface area contributed by atoms with Crippen molar-refractivity contribution in [2.75, 3.05) is 0 Å². The molecular formula is C18H35N2O3S+. The van der Waals surface area contributed by atoms with Crippen molar-refractivity contribution in [3.63, 3.8) is 0 Å². The number of unbranched alkanes of at least 4 members (excludes halogenated alkanes) is 9. The summed E-state index contributed by atoms with van der Waals surface area (Å²) in [5.41, 5.74) is 0. The molecule has 24 heavy (non-hydrogen) atoms. The Morgan fingerprint density at radius 3 is 2.00 bits per heavy atom. The van der Waals surface area contributed by atoms with Crippen molar-refractivity contribution < 1.29 is 17.5 Å². The number of nitrogens with zero attached hydrogens (tertiary/aromatic N) is 2. The van der Waals surface area contributed by atoms with Gasteiger partial charge in [-0.15, -0.1) is 0 Å². The predicted octanol–water partition coefficient (Wildman–Crippen LogP) is 4.49. The molecule has 5 nitrogen and oxygen atoms in total. The summed E-state index contributed by atoms with van der Waals surface area (Å²) < 4.78 is 35.5. The monoisotopic (exact) mass is 359 g/mol. The maximum absolute atomic E-state index is 11.3. The fraction of sp³-hybridized carbons (Fsp3) is 0.833. The van der Waals surface area contributed by atoms with E-state index < -0.39 is 15.5 Å². The zero-order chi connectivity index (χ0) is 17.8. The number of aromatic nitrogens is 2. The largest absolute Gasteiger partial charge is 0.307 e. The maximum Gasteiger partial charge on any atom is 0.307 e. The molecule has 0 spiro atoms. The van der Waals surface area contributed by atoms with Crippen LogP contribution in [-0.4, -0.2) is 17.5 Å². The van der Waals surface area contributed by atoms with Crippen molar-refractivity contribution in [1.82, 2.24) is 4.57 Å². The van der Waals surface area contributed by atoms with Crippen LogP contribution >= 0.6 is 0 Å². The van der Waals surface area contributed by atoms with Crippen molar-refractivity contribution >= 4 is 10.1 Å². The molecule has 0 saturated heterocycles. The summed E-state index contributed by atoms with van der Waals surface area (Å²) in [5.74, 6) is 0. The SMILES string of the molecule is CCCCCCCCCCCC[n+]1ccn(C(CC)S(=O)(=O)O)c1. The van der Waals surface area contributed by atoms with E-state index in [-0.39, 0.29) is 0 Å². The van der Waals surface area contributed by atoms with Crippen LogP contribution in [0.5, 0.6) is 0 Å². The van der Waals surface area contributed by atoms with Crippen molar-refractivity contribution in [2.45, 2.75) is 96.4 Å². The van der Waals surface area contributed by atoms with Crippen molar-refractivity contribution in [3.05, 3.63) is 18.7 Å². The van der Waals surface area contributed by atoms with Gasteiger partial charge in [-0.05, 0) is 12.8 Å². The highest BCUT2D eigenvalue weighted by atomic mass is 32.2. The van der Waals surface area contributed by atoms with Gasteiger partial charge >= 0.3 is 10.1 Å². The molecule has 0 aliphatic carbocycles. The summed E-state index contributed by atoms with van der Waals surface area (Å²) >= 11 is 0. The highest BCUT2D eigenvalue weighted by Crippen LogP contribution is 2.16. The highest BCUT2D eigenvalue weighted by Gasteiger charge is 2.27.